The number of hydrogen-bond acceptors (Lipinski definition) is 3. The molecule has 0 aromatic rings. The third-order valence-corrected chi connectivity index (χ3v) is 2.66. The summed E-state index contributed by atoms with van der Waals surface area (Å²) < 4.78 is 0. The molecular formula is C11H17NO4. The van der Waals surface area contributed by atoms with Gasteiger partial charge in [-0.25, -0.2) is 0 Å². The molecule has 1 atom stereocenters. The van der Waals surface area contributed by atoms with E-state index in [1.54, 1.807) is 0 Å². The normalized spacial score (nSPS) is 21.3. The molecule has 1 fully saturated rings. The standard InChI is InChI=1S/C11H17NO4/c1-7(2)5-9(13)12-4-3-8(11(15)16)6-10(12)14/h7-8H,3-6H2,1-2H3,(H,15,16). The lowest BCUT2D eigenvalue weighted by Gasteiger charge is -2.28. The fourth-order valence-electron chi connectivity index (χ4n) is 1.77. The van der Waals surface area contributed by atoms with Crippen LogP contribution in [-0.4, -0.2) is 34.3 Å². The monoisotopic (exact) mass is 227 g/mol. The van der Waals surface area contributed by atoms with Crippen molar-refractivity contribution in [3.63, 3.8) is 0 Å². The first kappa shape index (κ1) is 12.7. The van der Waals surface area contributed by atoms with Crippen LogP contribution < -0.4 is 0 Å². The van der Waals surface area contributed by atoms with E-state index >= 15 is 0 Å². The Morgan fingerprint density at radius 1 is 1.50 bits per heavy atom. The number of carboxylic acids is 1. The minimum Gasteiger partial charge on any atom is -0.481 e. The molecule has 5 nitrogen and oxygen atoms in total. The minimum atomic E-state index is -0.954. The summed E-state index contributed by atoms with van der Waals surface area (Å²) in [6, 6.07) is 0. The zero-order chi connectivity index (χ0) is 12.3. The van der Waals surface area contributed by atoms with Gasteiger partial charge in [0.2, 0.25) is 11.8 Å². The lowest BCUT2D eigenvalue weighted by atomic mass is 9.96. The number of carbonyl (C=O) groups excluding carboxylic acids is 2. The molecular weight excluding hydrogens is 210 g/mol. The predicted octanol–water partition coefficient (Wildman–Crippen LogP) is 0.882. The number of carboxylic acid groups (broad SMARTS) is 1. The number of aliphatic carboxylic acids is 1. The summed E-state index contributed by atoms with van der Waals surface area (Å²) in [5, 5.41) is 8.77. The van der Waals surface area contributed by atoms with E-state index in [-0.39, 0.29) is 30.7 Å². The van der Waals surface area contributed by atoms with Crippen molar-refractivity contribution in [2.75, 3.05) is 6.54 Å². The second kappa shape index (κ2) is 5.09. The van der Waals surface area contributed by atoms with Crippen LogP contribution in [0.2, 0.25) is 0 Å². The molecule has 0 radical (unpaired) electrons. The fourth-order valence-corrected chi connectivity index (χ4v) is 1.77. The summed E-state index contributed by atoms with van der Waals surface area (Å²) in [7, 11) is 0. The van der Waals surface area contributed by atoms with Gasteiger partial charge in [0.15, 0.2) is 0 Å². The van der Waals surface area contributed by atoms with Gasteiger partial charge in [0.05, 0.1) is 5.92 Å². The van der Waals surface area contributed by atoms with Crippen molar-refractivity contribution in [2.24, 2.45) is 11.8 Å². The summed E-state index contributed by atoms with van der Waals surface area (Å²) in [6.45, 7) is 4.06. The van der Waals surface area contributed by atoms with E-state index in [1.165, 1.54) is 4.90 Å². The van der Waals surface area contributed by atoms with Crippen molar-refractivity contribution in [3.8, 4) is 0 Å². The molecule has 0 aromatic heterocycles. The largest absolute Gasteiger partial charge is 0.481 e. The molecule has 1 saturated heterocycles. The zero-order valence-corrected chi connectivity index (χ0v) is 9.60. The van der Waals surface area contributed by atoms with Crippen molar-refractivity contribution in [1.82, 2.24) is 4.90 Å². The Bertz CT molecular complexity index is 311. The Morgan fingerprint density at radius 3 is 2.56 bits per heavy atom. The number of carbonyl (C=O) groups is 3. The molecule has 1 heterocycles. The van der Waals surface area contributed by atoms with Crippen LogP contribution in [0.15, 0.2) is 0 Å². The average molecular weight is 227 g/mol. The summed E-state index contributed by atoms with van der Waals surface area (Å²) in [5.74, 6) is -1.93. The Kier molecular flexibility index (Phi) is 4.04. The number of likely N-dealkylation sites (tertiary alicyclic amines) is 1. The SMILES string of the molecule is CC(C)CC(=O)N1CCC(C(=O)O)CC1=O. The highest BCUT2D eigenvalue weighted by atomic mass is 16.4. The van der Waals surface area contributed by atoms with Gasteiger partial charge in [0, 0.05) is 19.4 Å². The Morgan fingerprint density at radius 2 is 2.12 bits per heavy atom. The molecule has 2 amide bonds. The molecule has 90 valence electrons. The molecule has 1 unspecified atom stereocenters. The summed E-state index contributed by atoms with van der Waals surface area (Å²) in [4.78, 5) is 35.1. The van der Waals surface area contributed by atoms with Crippen molar-refractivity contribution in [2.45, 2.75) is 33.1 Å². The molecule has 5 heteroatoms. The van der Waals surface area contributed by atoms with Crippen molar-refractivity contribution in [1.29, 1.82) is 0 Å². The Balaban J connectivity index is 2.57. The van der Waals surface area contributed by atoms with Crippen molar-refractivity contribution in [3.05, 3.63) is 0 Å². The molecule has 1 aliphatic heterocycles. The molecule has 1 N–H and O–H groups in total. The van der Waals surface area contributed by atoms with E-state index in [4.69, 9.17) is 5.11 Å². The van der Waals surface area contributed by atoms with Gasteiger partial charge in [0.25, 0.3) is 0 Å². The van der Waals surface area contributed by atoms with Crippen molar-refractivity contribution >= 4 is 17.8 Å². The summed E-state index contributed by atoms with van der Waals surface area (Å²) in [6.07, 6.45) is 0.646. The van der Waals surface area contributed by atoms with Gasteiger partial charge in [0.1, 0.15) is 0 Å². The van der Waals surface area contributed by atoms with Crippen LogP contribution in [0.4, 0.5) is 0 Å². The van der Waals surface area contributed by atoms with E-state index in [1.807, 2.05) is 13.8 Å². The second-order valence-electron chi connectivity index (χ2n) is 4.57. The van der Waals surface area contributed by atoms with E-state index in [0.29, 0.717) is 12.8 Å². The van der Waals surface area contributed by atoms with E-state index < -0.39 is 11.9 Å². The van der Waals surface area contributed by atoms with Gasteiger partial charge < -0.3 is 5.11 Å². The van der Waals surface area contributed by atoms with Gasteiger partial charge in [-0.1, -0.05) is 13.8 Å². The topological polar surface area (TPSA) is 74.7 Å². The van der Waals surface area contributed by atoms with Gasteiger partial charge in [-0.05, 0) is 12.3 Å². The molecule has 0 aromatic carbocycles. The summed E-state index contributed by atoms with van der Waals surface area (Å²) in [5.41, 5.74) is 0. The van der Waals surface area contributed by atoms with Crippen LogP contribution >= 0.6 is 0 Å². The van der Waals surface area contributed by atoms with Gasteiger partial charge in [-0.3, -0.25) is 19.3 Å². The number of imide groups is 1. The maximum atomic E-state index is 11.7. The first-order valence-corrected chi connectivity index (χ1v) is 5.47. The lowest BCUT2D eigenvalue weighted by molar-refractivity contribution is -0.155. The maximum Gasteiger partial charge on any atom is 0.307 e. The number of amides is 2. The zero-order valence-electron chi connectivity index (χ0n) is 9.60. The van der Waals surface area contributed by atoms with Crippen molar-refractivity contribution < 1.29 is 19.5 Å². The fraction of sp³-hybridized carbons (Fsp3) is 0.727. The number of nitrogens with zero attached hydrogens (tertiary/aromatic N) is 1. The molecule has 0 aliphatic carbocycles. The average Bonchev–Trinajstić information content (AvgIpc) is 2.15. The molecule has 0 bridgehead atoms. The number of piperidine rings is 1. The third kappa shape index (κ3) is 3.05. The minimum absolute atomic E-state index is 0.0564. The smallest absolute Gasteiger partial charge is 0.307 e. The molecule has 1 aliphatic rings. The highest BCUT2D eigenvalue weighted by Crippen LogP contribution is 2.20. The van der Waals surface area contributed by atoms with E-state index in [2.05, 4.69) is 0 Å². The highest BCUT2D eigenvalue weighted by Gasteiger charge is 2.33. The van der Waals surface area contributed by atoms with E-state index in [9.17, 15) is 14.4 Å². The van der Waals surface area contributed by atoms with Gasteiger partial charge in [-0.2, -0.15) is 0 Å². The Labute approximate surface area is 94.4 Å². The third-order valence-electron chi connectivity index (χ3n) is 2.66. The van der Waals surface area contributed by atoms with Gasteiger partial charge >= 0.3 is 5.97 Å². The molecule has 16 heavy (non-hydrogen) atoms. The quantitative estimate of drug-likeness (QED) is 0.776. The lowest BCUT2D eigenvalue weighted by Crippen LogP contribution is -2.44. The maximum absolute atomic E-state index is 11.7. The van der Waals surface area contributed by atoms with Crippen LogP contribution in [0.1, 0.15) is 33.1 Å². The predicted molar refractivity (Wildman–Crippen MR) is 56.5 cm³/mol. The van der Waals surface area contributed by atoms with Crippen LogP contribution in [0, 0.1) is 11.8 Å². The van der Waals surface area contributed by atoms with E-state index in [0.717, 1.165) is 0 Å². The molecule has 1 rings (SSSR count). The molecule has 0 spiro atoms. The first-order chi connectivity index (χ1) is 7.41. The summed E-state index contributed by atoms with van der Waals surface area (Å²) >= 11 is 0. The van der Waals surface area contributed by atoms with Crippen LogP contribution in [0.25, 0.3) is 0 Å². The number of hydrogen-bond donors (Lipinski definition) is 1. The van der Waals surface area contributed by atoms with Gasteiger partial charge in [-0.15, -0.1) is 0 Å². The van der Waals surface area contributed by atoms with Crippen LogP contribution in [-0.2, 0) is 14.4 Å². The van der Waals surface area contributed by atoms with Crippen LogP contribution in [0.3, 0.4) is 0 Å². The second-order valence-corrected chi connectivity index (χ2v) is 4.57. The molecule has 0 saturated carbocycles. The number of rotatable bonds is 3. The Hall–Kier alpha value is -1.39. The van der Waals surface area contributed by atoms with Crippen LogP contribution in [0.5, 0.6) is 0 Å². The highest BCUT2D eigenvalue weighted by molar-refractivity contribution is 5.97. The first-order valence-electron chi connectivity index (χ1n) is 5.47.